The molecule has 2 rings (SSSR count). The molecule has 23 heavy (non-hydrogen) atoms. The molecule has 2 aromatic rings. The summed E-state index contributed by atoms with van der Waals surface area (Å²) in [7, 11) is 0. The first-order valence-corrected chi connectivity index (χ1v) is 7.76. The first-order valence-electron chi connectivity index (χ1n) is 7.00. The van der Waals surface area contributed by atoms with Gasteiger partial charge in [-0.2, -0.15) is 0 Å². The number of hydrogen-bond donors (Lipinski definition) is 2. The predicted octanol–water partition coefficient (Wildman–Crippen LogP) is 4.44. The van der Waals surface area contributed by atoms with Crippen LogP contribution in [0.25, 0.3) is 0 Å². The number of benzene rings is 2. The van der Waals surface area contributed by atoms with Crippen molar-refractivity contribution in [2.75, 3.05) is 16.9 Å². The fourth-order valence-electron chi connectivity index (χ4n) is 1.88. The summed E-state index contributed by atoms with van der Waals surface area (Å²) in [6, 6.07) is 12.6. The Balaban J connectivity index is 1.97. The van der Waals surface area contributed by atoms with Gasteiger partial charge in [-0.15, -0.1) is 0 Å². The van der Waals surface area contributed by atoms with E-state index in [1.165, 1.54) is 0 Å². The van der Waals surface area contributed by atoms with E-state index in [2.05, 4.69) is 5.32 Å². The number of anilines is 2. The van der Waals surface area contributed by atoms with Gasteiger partial charge in [0.1, 0.15) is 0 Å². The van der Waals surface area contributed by atoms with Crippen molar-refractivity contribution in [3.63, 3.8) is 0 Å². The molecule has 5 nitrogen and oxygen atoms in total. The summed E-state index contributed by atoms with van der Waals surface area (Å²) in [5.41, 5.74) is 2.45. The van der Waals surface area contributed by atoms with Crippen molar-refractivity contribution in [1.29, 1.82) is 0 Å². The zero-order valence-electron chi connectivity index (χ0n) is 12.6. The van der Waals surface area contributed by atoms with Crippen LogP contribution in [-0.4, -0.2) is 12.7 Å². The van der Waals surface area contributed by atoms with Crippen molar-refractivity contribution in [2.45, 2.75) is 13.5 Å². The second kappa shape index (κ2) is 8.06. The minimum atomic E-state index is -0.589. The van der Waals surface area contributed by atoms with Crippen molar-refractivity contribution >= 4 is 40.7 Å². The van der Waals surface area contributed by atoms with E-state index in [9.17, 15) is 4.79 Å². The number of carbonyl (C=O) groups is 1. The SMILES string of the molecule is CCOC(=O)N(N)c1ccc(CNc2ccc(Cl)c(Cl)c2)cc1. The second-order valence-corrected chi connectivity index (χ2v) is 5.53. The van der Waals surface area contributed by atoms with Gasteiger partial charge in [-0.25, -0.2) is 15.6 Å². The zero-order valence-corrected chi connectivity index (χ0v) is 14.1. The molecule has 0 saturated carbocycles. The molecule has 0 bridgehead atoms. The molecular weight excluding hydrogens is 337 g/mol. The van der Waals surface area contributed by atoms with E-state index in [4.69, 9.17) is 33.8 Å². The number of amides is 1. The van der Waals surface area contributed by atoms with Crippen LogP contribution in [0.15, 0.2) is 42.5 Å². The fraction of sp³-hybridized carbons (Fsp3) is 0.188. The van der Waals surface area contributed by atoms with Crippen LogP contribution >= 0.6 is 23.2 Å². The van der Waals surface area contributed by atoms with Gasteiger partial charge in [-0.1, -0.05) is 35.3 Å². The molecule has 122 valence electrons. The van der Waals surface area contributed by atoms with Crippen molar-refractivity contribution in [3.05, 3.63) is 58.1 Å². The van der Waals surface area contributed by atoms with Crippen LogP contribution in [0.2, 0.25) is 10.0 Å². The summed E-state index contributed by atoms with van der Waals surface area (Å²) in [6.45, 7) is 2.60. The molecule has 0 atom stereocenters. The molecular formula is C16H17Cl2N3O2. The first kappa shape index (κ1) is 17.4. The molecule has 0 aliphatic heterocycles. The number of hydrazine groups is 1. The van der Waals surface area contributed by atoms with Crippen molar-refractivity contribution in [3.8, 4) is 0 Å². The number of carbonyl (C=O) groups excluding carboxylic acids is 1. The lowest BCUT2D eigenvalue weighted by molar-refractivity contribution is 0.160. The smallest absolute Gasteiger partial charge is 0.428 e. The largest absolute Gasteiger partial charge is 0.449 e. The molecule has 7 heteroatoms. The molecule has 0 aliphatic rings. The molecule has 0 saturated heterocycles. The van der Waals surface area contributed by atoms with E-state index in [-0.39, 0.29) is 6.61 Å². The lowest BCUT2D eigenvalue weighted by Crippen LogP contribution is -2.37. The Morgan fingerprint density at radius 2 is 1.87 bits per heavy atom. The molecule has 0 spiro atoms. The van der Waals surface area contributed by atoms with Crippen LogP contribution in [0.5, 0.6) is 0 Å². The highest BCUT2D eigenvalue weighted by Gasteiger charge is 2.12. The maximum Gasteiger partial charge on any atom is 0.428 e. The van der Waals surface area contributed by atoms with Crippen molar-refractivity contribution in [1.82, 2.24) is 0 Å². The van der Waals surface area contributed by atoms with Gasteiger partial charge in [-0.3, -0.25) is 0 Å². The third kappa shape index (κ3) is 4.76. The Kier molecular flexibility index (Phi) is 6.10. The number of hydrogen-bond acceptors (Lipinski definition) is 4. The third-order valence-corrected chi connectivity index (χ3v) is 3.83. The number of nitrogens with zero attached hydrogens (tertiary/aromatic N) is 1. The van der Waals surface area contributed by atoms with Crippen LogP contribution in [0.1, 0.15) is 12.5 Å². The molecule has 0 unspecified atom stereocenters. The quantitative estimate of drug-likeness (QED) is 0.473. The number of ether oxygens (including phenoxy) is 1. The number of rotatable bonds is 5. The summed E-state index contributed by atoms with van der Waals surface area (Å²) in [6.07, 6.45) is -0.589. The lowest BCUT2D eigenvalue weighted by atomic mass is 10.2. The maximum atomic E-state index is 11.5. The highest BCUT2D eigenvalue weighted by Crippen LogP contribution is 2.25. The van der Waals surface area contributed by atoms with E-state index >= 15 is 0 Å². The number of nitrogens with one attached hydrogen (secondary N) is 1. The highest BCUT2D eigenvalue weighted by atomic mass is 35.5. The Bertz CT molecular complexity index is 678. The minimum absolute atomic E-state index is 0.276. The normalized spacial score (nSPS) is 10.3. The van der Waals surface area contributed by atoms with Crippen LogP contribution in [0.3, 0.4) is 0 Å². The van der Waals surface area contributed by atoms with Gasteiger partial charge >= 0.3 is 6.09 Å². The standard InChI is InChI=1S/C16H17Cl2N3O2/c1-2-23-16(22)21(19)13-6-3-11(4-7-13)10-20-12-5-8-14(17)15(18)9-12/h3-9,20H,2,10,19H2,1H3. The Morgan fingerprint density at radius 3 is 2.48 bits per heavy atom. The maximum absolute atomic E-state index is 11.5. The molecule has 0 radical (unpaired) electrons. The summed E-state index contributed by atoms with van der Waals surface area (Å²) in [5, 5.41) is 5.23. The number of halogens is 2. The van der Waals surface area contributed by atoms with E-state index in [0.717, 1.165) is 16.3 Å². The molecule has 0 heterocycles. The Labute approximate surface area is 144 Å². The van der Waals surface area contributed by atoms with Gasteiger partial charge in [0.2, 0.25) is 0 Å². The van der Waals surface area contributed by atoms with E-state index in [0.29, 0.717) is 22.3 Å². The van der Waals surface area contributed by atoms with Crippen LogP contribution in [0, 0.1) is 0 Å². The van der Waals surface area contributed by atoms with Gasteiger partial charge < -0.3 is 10.1 Å². The lowest BCUT2D eigenvalue weighted by Gasteiger charge is -2.16. The Morgan fingerprint density at radius 1 is 1.17 bits per heavy atom. The second-order valence-electron chi connectivity index (χ2n) is 4.72. The molecule has 3 N–H and O–H groups in total. The van der Waals surface area contributed by atoms with Gasteiger partial charge in [0, 0.05) is 12.2 Å². The van der Waals surface area contributed by atoms with E-state index in [1.807, 2.05) is 18.2 Å². The monoisotopic (exact) mass is 353 g/mol. The van der Waals surface area contributed by atoms with Gasteiger partial charge in [-0.05, 0) is 42.8 Å². The molecule has 0 aliphatic carbocycles. The highest BCUT2D eigenvalue weighted by molar-refractivity contribution is 6.42. The average Bonchev–Trinajstić information content (AvgIpc) is 2.56. The predicted molar refractivity (Wildman–Crippen MR) is 93.9 cm³/mol. The van der Waals surface area contributed by atoms with Gasteiger partial charge in [0.15, 0.2) is 0 Å². The topological polar surface area (TPSA) is 67.6 Å². The first-order chi connectivity index (χ1) is 11.0. The molecule has 2 aromatic carbocycles. The summed E-state index contributed by atoms with van der Waals surface area (Å²) in [5.74, 6) is 5.69. The molecule has 0 fully saturated rings. The molecule has 1 amide bonds. The van der Waals surface area contributed by atoms with Crippen LogP contribution in [-0.2, 0) is 11.3 Å². The van der Waals surface area contributed by atoms with Gasteiger partial charge in [0.25, 0.3) is 0 Å². The molecule has 0 aromatic heterocycles. The minimum Gasteiger partial charge on any atom is -0.449 e. The summed E-state index contributed by atoms with van der Waals surface area (Å²) >= 11 is 11.9. The van der Waals surface area contributed by atoms with Crippen molar-refractivity contribution < 1.29 is 9.53 Å². The van der Waals surface area contributed by atoms with E-state index < -0.39 is 6.09 Å². The third-order valence-electron chi connectivity index (χ3n) is 3.10. The summed E-state index contributed by atoms with van der Waals surface area (Å²) in [4.78, 5) is 11.5. The Hall–Kier alpha value is -1.95. The summed E-state index contributed by atoms with van der Waals surface area (Å²) < 4.78 is 4.84. The van der Waals surface area contributed by atoms with Crippen LogP contribution < -0.4 is 16.2 Å². The number of nitrogens with two attached hydrogens (primary N) is 1. The van der Waals surface area contributed by atoms with Gasteiger partial charge in [0.05, 0.1) is 22.3 Å². The zero-order chi connectivity index (χ0) is 16.8. The average molecular weight is 354 g/mol. The fourth-order valence-corrected chi connectivity index (χ4v) is 2.18. The van der Waals surface area contributed by atoms with E-state index in [1.54, 1.807) is 31.2 Å². The van der Waals surface area contributed by atoms with Crippen molar-refractivity contribution in [2.24, 2.45) is 5.84 Å². The van der Waals surface area contributed by atoms with Crippen LogP contribution in [0.4, 0.5) is 16.2 Å².